The number of hydrogen-bond acceptors (Lipinski definition) is 4. The van der Waals surface area contributed by atoms with Gasteiger partial charge in [-0.2, -0.15) is 13.2 Å². The van der Waals surface area contributed by atoms with E-state index in [1.54, 1.807) is 14.0 Å². The second kappa shape index (κ2) is 6.05. The Bertz CT molecular complexity index is 465. The molecular formula is C13H18F3N3O. The molecule has 0 radical (unpaired) electrons. The van der Waals surface area contributed by atoms with Crippen molar-refractivity contribution in [2.75, 3.05) is 26.8 Å². The molecule has 1 aliphatic heterocycles. The monoisotopic (exact) mass is 289 g/mol. The van der Waals surface area contributed by atoms with Crippen molar-refractivity contribution in [1.82, 2.24) is 14.9 Å². The van der Waals surface area contributed by atoms with Crippen LogP contribution in [0.5, 0.6) is 0 Å². The van der Waals surface area contributed by atoms with E-state index >= 15 is 0 Å². The molecule has 0 N–H and O–H groups in total. The second-order valence-electron chi connectivity index (χ2n) is 4.94. The number of aromatic nitrogens is 2. The summed E-state index contributed by atoms with van der Waals surface area (Å²) in [4.78, 5) is 10.0. The Labute approximate surface area is 116 Å². The van der Waals surface area contributed by atoms with Gasteiger partial charge in [0, 0.05) is 19.3 Å². The molecule has 1 aromatic rings. The number of hydrogen-bond donors (Lipinski definition) is 0. The van der Waals surface area contributed by atoms with E-state index in [-0.39, 0.29) is 11.9 Å². The van der Waals surface area contributed by atoms with Crippen molar-refractivity contribution in [3.63, 3.8) is 0 Å². The van der Waals surface area contributed by atoms with Gasteiger partial charge in [-0.1, -0.05) is 0 Å². The Morgan fingerprint density at radius 1 is 1.40 bits per heavy atom. The lowest BCUT2D eigenvalue weighted by Gasteiger charge is -2.23. The van der Waals surface area contributed by atoms with Crippen LogP contribution in [0.4, 0.5) is 13.2 Å². The number of methoxy groups -OCH3 is 1. The SMILES string of the molecule is COCCN1CCC[C@@H]1c1nc(C)cc(C(F)(F)F)n1. The van der Waals surface area contributed by atoms with Crippen molar-refractivity contribution < 1.29 is 17.9 Å². The maximum absolute atomic E-state index is 12.8. The van der Waals surface area contributed by atoms with E-state index in [9.17, 15) is 13.2 Å². The van der Waals surface area contributed by atoms with Gasteiger partial charge in [0.05, 0.1) is 12.6 Å². The maximum Gasteiger partial charge on any atom is 0.433 e. The van der Waals surface area contributed by atoms with Crippen LogP contribution in [0.3, 0.4) is 0 Å². The molecule has 0 saturated carbocycles. The Morgan fingerprint density at radius 2 is 2.15 bits per heavy atom. The van der Waals surface area contributed by atoms with Gasteiger partial charge in [0.25, 0.3) is 0 Å². The summed E-state index contributed by atoms with van der Waals surface area (Å²) in [7, 11) is 1.61. The van der Waals surface area contributed by atoms with Crippen LogP contribution >= 0.6 is 0 Å². The highest BCUT2D eigenvalue weighted by atomic mass is 19.4. The lowest BCUT2D eigenvalue weighted by molar-refractivity contribution is -0.141. The van der Waals surface area contributed by atoms with Gasteiger partial charge in [-0.3, -0.25) is 4.90 Å². The third-order valence-corrected chi connectivity index (χ3v) is 3.41. The fraction of sp³-hybridized carbons (Fsp3) is 0.692. The summed E-state index contributed by atoms with van der Waals surface area (Å²) in [5.74, 6) is 0.269. The van der Waals surface area contributed by atoms with E-state index in [1.165, 1.54) is 0 Å². The van der Waals surface area contributed by atoms with E-state index in [1.807, 2.05) is 0 Å². The van der Waals surface area contributed by atoms with Crippen LogP contribution in [0.25, 0.3) is 0 Å². The highest BCUT2D eigenvalue weighted by Crippen LogP contribution is 2.33. The molecular weight excluding hydrogens is 271 g/mol. The van der Waals surface area contributed by atoms with Gasteiger partial charge in [0.1, 0.15) is 11.5 Å². The zero-order valence-corrected chi connectivity index (χ0v) is 11.6. The Morgan fingerprint density at radius 3 is 2.80 bits per heavy atom. The van der Waals surface area contributed by atoms with Crippen molar-refractivity contribution in [2.24, 2.45) is 0 Å². The van der Waals surface area contributed by atoms with Crippen LogP contribution in [0.1, 0.15) is 36.1 Å². The third-order valence-electron chi connectivity index (χ3n) is 3.41. The van der Waals surface area contributed by atoms with Crippen LogP contribution < -0.4 is 0 Å². The standard InChI is InChI=1S/C13H18F3N3O/c1-9-8-11(13(14,15)16)18-12(17-9)10-4-3-5-19(10)6-7-20-2/h8,10H,3-7H2,1-2H3/t10-/m1/s1. The molecule has 1 fully saturated rings. The number of nitrogens with zero attached hydrogens (tertiary/aromatic N) is 3. The summed E-state index contributed by atoms with van der Waals surface area (Å²) < 4.78 is 43.5. The zero-order valence-electron chi connectivity index (χ0n) is 11.6. The number of rotatable bonds is 4. The molecule has 7 heteroatoms. The van der Waals surface area contributed by atoms with Crippen LogP contribution in [0, 0.1) is 6.92 Å². The molecule has 20 heavy (non-hydrogen) atoms. The van der Waals surface area contributed by atoms with Crippen molar-refractivity contribution in [3.8, 4) is 0 Å². The summed E-state index contributed by atoms with van der Waals surface area (Å²) in [5, 5.41) is 0. The van der Waals surface area contributed by atoms with Crippen LogP contribution in [0.2, 0.25) is 0 Å². The van der Waals surface area contributed by atoms with Gasteiger partial charge in [-0.15, -0.1) is 0 Å². The lowest BCUT2D eigenvalue weighted by Crippen LogP contribution is -2.29. The minimum absolute atomic E-state index is 0.147. The molecule has 0 spiro atoms. The second-order valence-corrected chi connectivity index (χ2v) is 4.94. The van der Waals surface area contributed by atoms with Gasteiger partial charge in [0.2, 0.25) is 0 Å². The maximum atomic E-state index is 12.8. The first-order valence-corrected chi connectivity index (χ1v) is 6.57. The summed E-state index contributed by atoms with van der Waals surface area (Å²) in [5.41, 5.74) is -0.514. The topological polar surface area (TPSA) is 38.2 Å². The first-order chi connectivity index (χ1) is 9.41. The molecule has 1 saturated heterocycles. The highest BCUT2D eigenvalue weighted by Gasteiger charge is 2.35. The first kappa shape index (κ1) is 15.2. The van der Waals surface area contributed by atoms with Crippen molar-refractivity contribution in [2.45, 2.75) is 32.0 Å². The molecule has 1 aliphatic rings. The number of aryl methyl sites for hydroxylation is 1. The van der Waals surface area contributed by atoms with Gasteiger partial charge in [-0.25, -0.2) is 9.97 Å². The average molecular weight is 289 g/mol. The summed E-state index contributed by atoms with van der Waals surface area (Å²) in [6.45, 7) is 3.63. The van der Waals surface area contributed by atoms with E-state index in [4.69, 9.17) is 4.74 Å². The molecule has 4 nitrogen and oxygen atoms in total. The van der Waals surface area contributed by atoms with Crippen molar-refractivity contribution >= 4 is 0 Å². The van der Waals surface area contributed by atoms with E-state index in [0.29, 0.717) is 18.8 Å². The van der Waals surface area contributed by atoms with Gasteiger partial charge in [-0.05, 0) is 32.4 Å². The molecule has 1 atom stereocenters. The van der Waals surface area contributed by atoms with Gasteiger partial charge >= 0.3 is 6.18 Å². The number of alkyl halides is 3. The van der Waals surface area contributed by atoms with Crippen molar-refractivity contribution in [1.29, 1.82) is 0 Å². The number of ether oxygens (including phenoxy) is 1. The predicted molar refractivity (Wildman–Crippen MR) is 67.2 cm³/mol. The molecule has 0 amide bonds. The van der Waals surface area contributed by atoms with E-state index < -0.39 is 11.9 Å². The normalized spacial score (nSPS) is 20.6. The molecule has 112 valence electrons. The first-order valence-electron chi connectivity index (χ1n) is 6.57. The van der Waals surface area contributed by atoms with Crippen molar-refractivity contribution in [3.05, 3.63) is 23.3 Å². The molecule has 2 heterocycles. The number of halogens is 3. The van der Waals surface area contributed by atoms with Crippen LogP contribution in [-0.2, 0) is 10.9 Å². The quantitative estimate of drug-likeness (QED) is 0.854. The van der Waals surface area contributed by atoms with Gasteiger partial charge in [0.15, 0.2) is 0 Å². The van der Waals surface area contributed by atoms with Gasteiger partial charge < -0.3 is 4.74 Å². The molecule has 0 unspecified atom stereocenters. The molecule has 0 aromatic carbocycles. The lowest BCUT2D eigenvalue weighted by atomic mass is 10.2. The fourth-order valence-corrected chi connectivity index (χ4v) is 2.48. The van der Waals surface area contributed by atoms with Crippen LogP contribution in [-0.4, -0.2) is 41.7 Å². The minimum Gasteiger partial charge on any atom is -0.383 e. The highest BCUT2D eigenvalue weighted by molar-refractivity contribution is 5.15. The third kappa shape index (κ3) is 3.46. The molecule has 0 bridgehead atoms. The largest absolute Gasteiger partial charge is 0.433 e. The Balaban J connectivity index is 2.25. The van der Waals surface area contributed by atoms with E-state index in [2.05, 4.69) is 14.9 Å². The average Bonchev–Trinajstić information content (AvgIpc) is 2.82. The Hall–Kier alpha value is -1.21. The summed E-state index contributed by atoms with van der Waals surface area (Å²) in [6.07, 6.45) is -2.71. The van der Waals surface area contributed by atoms with Crippen LogP contribution in [0.15, 0.2) is 6.07 Å². The molecule has 1 aromatic heterocycles. The molecule has 2 rings (SSSR count). The zero-order chi connectivity index (χ0) is 14.8. The van der Waals surface area contributed by atoms with E-state index in [0.717, 1.165) is 25.5 Å². The number of likely N-dealkylation sites (tertiary alicyclic amines) is 1. The minimum atomic E-state index is -4.43. The predicted octanol–water partition coefficient (Wildman–Crippen LogP) is 2.59. The smallest absolute Gasteiger partial charge is 0.383 e. The Kier molecular flexibility index (Phi) is 4.59. The summed E-state index contributed by atoms with van der Waals surface area (Å²) in [6, 6.07) is 0.837. The molecule has 0 aliphatic carbocycles. The summed E-state index contributed by atoms with van der Waals surface area (Å²) >= 11 is 0. The fourth-order valence-electron chi connectivity index (χ4n) is 2.48.